The van der Waals surface area contributed by atoms with Crippen molar-refractivity contribution < 1.29 is 0 Å². The van der Waals surface area contributed by atoms with Gasteiger partial charge in [-0.2, -0.15) is 0 Å². The molecule has 4 aliphatic carbocycles. The molecule has 0 bridgehead atoms. The first-order valence-corrected chi connectivity index (χ1v) is 28.3. The summed E-state index contributed by atoms with van der Waals surface area (Å²) in [5.74, 6) is 0. The molecule has 0 atom stereocenters. The second-order valence-electron chi connectivity index (χ2n) is 30.7. The predicted molar refractivity (Wildman–Crippen MR) is 317 cm³/mol. The summed E-state index contributed by atoms with van der Waals surface area (Å²) in [7, 11) is 0. The molecule has 73 heavy (non-hydrogen) atoms. The Morgan fingerprint density at radius 2 is 0.863 bits per heavy atom. The minimum Gasteiger partial charge on any atom is -0.311 e. The van der Waals surface area contributed by atoms with Crippen LogP contribution in [0.2, 0.25) is 0 Å². The van der Waals surface area contributed by atoms with E-state index < -0.39 is 0 Å². The average molecular weight is 965 g/mol. The van der Waals surface area contributed by atoms with E-state index in [9.17, 15) is 0 Å². The van der Waals surface area contributed by atoms with Crippen molar-refractivity contribution in [2.75, 3.05) is 9.80 Å². The Morgan fingerprint density at radius 3 is 1.40 bits per heavy atom. The molecule has 0 aromatic heterocycles. The largest absolute Gasteiger partial charge is 0.311 e. The van der Waals surface area contributed by atoms with Crippen LogP contribution in [0.15, 0.2) is 91.0 Å². The summed E-state index contributed by atoms with van der Waals surface area (Å²) in [6.45, 7) is 49.5. The third-order valence-corrected chi connectivity index (χ3v) is 20.2. The zero-order valence-electron chi connectivity index (χ0n) is 48.7. The van der Waals surface area contributed by atoms with Crippen LogP contribution in [0.4, 0.5) is 34.1 Å². The van der Waals surface area contributed by atoms with Gasteiger partial charge in [0.1, 0.15) is 0 Å². The molecular formula is C70H85BN2. The van der Waals surface area contributed by atoms with E-state index in [0.29, 0.717) is 0 Å². The van der Waals surface area contributed by atoms with Crippen molar-refractivity contribution >= 4 is 57.2 Å². The highest BCUT2D eigenvalue weighted by molar-refractivity contribution is 7.00. The highest BCUT2D eigenvalue weighted by atomic mass is 15.2. The van der Waals surface area contributed by atoms with Crippen LogP contribution >= 0.6 is 0 Å². The number of hydrogen-bond acceptors (Lipinski definition) is 2. The average Bonchev–Trinajstić information content (AvgIpc) is 3.63. The quantitative estimate of drug-likeness (QED) is 0.159. The van der Waals surface area contributed by atoms with E-state index in [4.69, 9.17) is 0 Å². The van der Waals surface area contributed by atoms with Crippen LogP contribution in [0.3, 0.4) is 0 Å². The van der Waals surface area contributed by atoms with Crippen molar-refractivity contribution in [2.45, 2.75) is 219 Å². The molecule has 0 amide bonds. The third-order valence-electron chi connectivity index (χ3n) is 20.2. The molecule has 0 unspecified atom stereocenters. The molecule has 6 aromatic carbocycles. The highest BCUT2D eigenvalue weighted by Crippen LogP contribution is 2.58. The van der Waals surface area contributed by atoms with Crippen LogP contribution in [0.5, 0.6) is 0 Å². The van der Waals surface area contributed by atoms with Gasteiger partial charge in [-0.25, -0.2) is 0 Å². The van der Waals surface area contributed by atoms with Crippen LogP contribution < -0.4 is 26.2 Å². The molecule has 378 valence electrons. The summed E-state index contributed by atoms with van der Waals surface area (Å²) in [5, 5.41) is 0. The number of hydrogen-bond donors (Lipinski definition) is 0. The number of anilines is 6. The van der Waals surface area contributed by atoms with Crippen molar-refractivity contribution in [3.63, 3.8) is 0 Å². The Hall–Kier alpha value is -5.02. The number of nitrogens with zero attached hydrogens (tertiary/aromatic N) is 2. The Bertz CT molecular complexity index is 3390. The second-order valence-corrected chi connectivity index (χ2v) is 30.7. The molecule has 0 fully saturated rings. The van der Waals surface area contributed by atoms with E-state index in [-0.39, 0.29) is 55.4 Å². The Morgan fingerprint density at radius 1 is 0.397 bits per heavy atom. The molecule has 0 spiro atoms. The number of benzene rings is 6. The first-order valence-electron chi connectivity index (χ1n) is 28.3. The van der Waals surface area contributed by atoms with E-state index in [1.807, 2.05) is 0 Å². The summed E-state index contributed by atoms with van der Waals surface area (Å²) in [4.78, 5) is 5.54. The fourth-order valence-corrected chi connectivity index (χ4v) is 15.9. The standard InChI is InChI=1S/C70H85BN2/c1-62(2,3)41-31-58-61-59(32-41)73(43-33-45-44-23-21-22-24-46(44)70(19,20)60(45)53(35-43)63(4,5)6)57-39-52-50(68(15,16)40-69(52,17)18)37-55(57)71(61)54-36-49-51(67(13,14)30-29-66(49,11)12)38-56(54)72(58)42-25-26-47-48(34-42)65(9,10)28-27-64(47,7)8/h21-26,31-39H,27-30,40H2,1-20H3. The van der Waals surface area contributed by atoms with E-state index in [2.05, 4.69) is 239 Å². The first-order chi connectivity index (χ1) is 33.7. The van der Waals surface area contributed by atoms with Gasteiger partial charge in [0.15, 0.2) is 0 Å². The minimum atomic E-state index is -0.121. The summed E-state index contributed by atoms with van der Waals surface area (Å²) in [6, 6.07) is 38.3. The summed E-state index contributed by atoms with van der Waals surface area (Å²) in [5.41, 5.74) is 29.9. The second kappa shape index (κ2) is 14.7. The Kier molecular flexibility index (Phi) is 9.83. The molecule has 0 saturated carbocycles. The van der Waals surface area contributed by atoms with Crippen molar-refractivity contribution in [1.82, 2.24) is 0 Å². The van der Waals surface area contributed by atoms with Gasteiger partial charge in [0.25, 0.3) is 6.71 Å². The molecule has 2 aliphatic heterocycles. The van der Waals surface area contributed by atoms with E-state index in [0.717, 1.165) is 6.42 Å². The van der Waals surface area contributed by atoms with Gasteiger partial charge < -0.3 is 9.80 Å². The number of rotatable bonds is 2. The van der Waals surface area contributed by atoms with Crippen LogP contribution in [0, 0.1) is 0 Å². The maximum atomic E-state index is 2.78. The zero-order chi connectivity index (χ0) is 52.5. The fourth-order valence-electron chi connectivity index (χ4n) is 15.9. The van der Waals surface area contributed by atoms with Crippen molar-refractivity contribution in [3.8, 4) is 11.1 Å². The lowest BCUT2D eigenvalue weighted by molar-refractivity contribution is 0.332. The van der Waals surface area contributed by atoms with Crippen molar-refractivity contribution in [1.29, 1.82) is 0 Å². The first kappa shape index (κ1) is 48.9. The maximum absolute atomic E-state index is 2.78. The molecule has 2 heterocycles. The van der Waals surface area contributed by atoms with E-state index >= 15 is 0 Å². The normalized spacial score (nSPS) is 21.3. The fraction of sp³-hybridized carbons (Fsp3) is 0.486. The van der Waals surface area contributed by atoms with Gasteiger partial charge >= 0.3 is 0 Å². The molecule has 0 radical (unpaired) electrons. The van der Waals surface area contributed by atoms with Crippen LogP contribution in [-0.4, -0.2) is 6.71 Å². The summed E-state index contributed by atoms with van der Waals surface area (Å²) in [6.07, 6.45) is 5.88. The molecule has 6 aliphatic rings. The zero-order valence-corrected chi connectivity index (χ0v) is 48.7. The molecule has 3 heteroatoms. The lowest BCUT2D eigenvalue weighted by Gasteiger charge is -2.48. The Labute approximate surface area is 441 Å². The smallest absolute Gasteiger partial charge is 0.252 e. The van der Waals surface area contributed by atoms with Gasteiger partial charge in [0.05, 0.1) is 0 Å². The van der Waals surface area contributed by atoms with E-state index in [1.165, 1.54) is 143 Å². The summed E-state index contributed by atoms with van der Waals surface area (Å²) < 4.78 is 0. The molecule has 0 N–H and O–H groups in total. The van der Waals surface area contributed by atoms with Gasteiger partial charge in [-0.1, -0.05) is 181 Å². The minimum absolute atomic E-state index is 0.0282. The lowest BCUT2D eigenvalue weighted by Crippen LogP contribution is -2.62. The van der Waals surface area contributed by atoms with E-state index in [1.54, 1.807) is 0 Å². The molecule has 0 saturated heterocycles. The maximum Gasteiger partial charge on any atom is 0.252 e. The molecule has 12 rings (SSSR count). The van der Waals surface area contributed by atoms with Gasteiger partial charge in [-0.05, 0) is 207 Å². The molecule has 6 aromatic rings. The van der Waals surface area contributed by atoms with Crippen LogP contribution in [0.1, 0.15) is 226 Å². The topological polar surface area (TPSA) is 6.48 Å². The van der Waals surface area contributed by atoms with Gasteiger partial charge in [-0.3, -0.25) is 0 Å². The monoisotopic (exact) mass is 965 g/mol. The third kappa shape index (κ3) is 6.87. The Balaban J connectivity index is 1.25. The highest BCUT2D eigenvalue weighted by Gasteiger charge is 2.51. The van der Waals surface area contributed by atoms with Crippen molar-refractivity contribution in [2.24, 2.45) is 0 Å². The predicted octanol–water partition coefficient (Wildman–Crippen LogP) is 17.3. The summed E-state index contributed by atoms with van der Waals surface area (Å²) >= 11 is 0. The SMILES string of the molecule is CC(C)(C)c1cc2c3c(c1)N(c1cc4c(c(C(C)(C)C)c1)C(C)(C)c1ccccc1-4)c1cc4c(cc1B3c1cc3c(cc1N2c1ccc2c(c1)C(C)(C)CCC2(C)C)C(C)(C)CCC3(C)C)C(C)(C)CC4(C)C. The van der Waals surface area contributed by atoms with Crippen LogP contribution in [-0.2, 0) is 48.7 Å². The lowest BCUT2D eigenvalue weighted by atomic mass is 9.32. The molecular weight excluding hydrogens is 880 g/mol. The van der Waals surface area contributed by atoms with Crippen LogP contribution in [0.25, 0.3) is 11.1 Å². The van der Waals surface area contributed by atoms with Gasteiger partial charge in [-0.15, -0.1) is 0 Å². The molecule has 2 nitrogen and oxygen atoms in total. The number of fused-ring (bicyclic) bond motifs is 10. The van der Waals surface area contributed by atoms with Gasteiger partial charge in [0.2, 0.25) is 0 Å². The van der Waals surface area contributed by atoms with Crippen molar-refractivity contribution in [3.05, 3.63) is 147 Å². The van der Waals surface area contributed by atoms with Gasteiger partial charge in [0, 0.05) is 39.5 Å².